The Morgan fingerprint density at radius 3 is 2.55 bits per heavy atom. The predicted octanol–water partition coefficient (Wildman–Crippen LogP) is 4.26. The molecular formula is C16H20Cl2N2. The van der Waals surface area contributed by atoms with Crippen LogP contribution in [0, 0.1) is 6.92 Å². The molecule has 0 aliphatic heterocycles. The molecule has 0 spiro atoms. The minimum Gasteiger partial charge on any atom is -0.305 e. The van der Waals surface area contributed by atoms with Crippen LogP contribution in [-0.4, -0.2) is 22.3 Å². The van der Waals surface area contributed by atoms with Crippen LogP contribution in [0.15, 0.2) is 30.3 Å². The first-order valence-corrected chi connectivity index (χ1v) is 7.93. The number of pyridine rings is 1. The van der Waals surface area contributed by atoms with E-state index in [1.807, 2.05) is 25.1 Å². The number of aromatic nitrogens is 1. The number of fused-ring (bicyclic) bond motifs is 1. The lowest BCUT2D eigenvalue weighted by atomic mass is 10.00. The van der Waals surface area contributed by atoms with E-state index < -0.39 is 0 Å². The summed E-state index contributed by atoms with van der Waals surface area (Å²) < 4.78 is 0. The van der Waals surface area contributed by atoms with Crippen LogP contribution in [0.4, 0.5) is 0 Å². The van der Waals surface area contributed by atoms with Crippen LogP contribution >= 0.6 is 23.2 Å². The molecule has 1 aromatic carbocycles. The third-order valence-corrected chi connectivity index (χ3v) is 4.80. The Hall–Kier alpha value is -0.830. The maximum atomic E-state index is 6.08. The van der Waals surface area contributed by atoms with E-state index in [0.717, 1.165) is 24.2 Å². The molecular weight excluding hydrogens is 291 g/mol. The number of hydrogen-bond acceptors (Lipinski definition) is 2. The van der Waals surface area contributed by atoms with Crippen molar-refractivity contribution in [2.24, 2.45) is 0 Å². The van der Waals surface area contributed by atoms with E-state index in [0.29, 0.717) is 11.8 Å². The fourth-order valence-corrected chi connectivity index (χ4v) is 3.12. The van der Waals surface area contributed by atoms with Crippen LogP contribution < -0.4 is 5.32 Å². The lowest BCUT2D eigenvalue weighted by molar-refractivity contribution is 0.385. The number of nitrogens with zero attached hydrogens (tertiary/aromatic N) is 1. The highest BCUT2D eigenvalue weighted by atomic mass is 35.5. The zero-order valence-corrected chi connectivity index (χ0v) is 13.4. The van der Waals surface area contributed by atoms with Gasteiger partial charge in [-0.2, -0.15) is 0 Å². The number of halogens is 2. The van der Waals surface area contributed by atoms with Crippen LogP contribution in [0.1, 0.15) is 24.6 Å². The van der Waals surface area contributed by atoms with Crippen LogP contribution in [-0.2, 0) is 6.54 Å². The summed E-state index contributed by atoms with van der Waals surface area (Å²) in [7, 11) is 0. The van der Waals surface area contributed by atoms with Gasteiger partial charge < -0.3 is 5.32 Å². The van der Waals surface area contributed by atoms with Gasteiger partial charge in [-0.15, -0.1) is 23.2 Å². The van der Waals surface area contributed by atoms with Gasteiger partial charge in [0.15, 0.2) is 0 Å². The zero-order chi connectivity index (χ0) is 14.6. The molecule has 0 aliphatic carbocycles. The van der Waals surface area contributed by atoms with Crippen molar-refractivity contribution >= 4 is 34.1 Å². The van der Waals surface area contributed by atoms with Gasteiger partial charge in [-0.1, -0.05) is 25.1 Å². The average Bonchev–Trinajstić information content (AvgIpc) is 2.49. The molecule has 0 saturated heterocycles. The average molecular weight is 311 g/mol. The van der Waals surface area contributed by atoms with Gasteiger partial charge in [0.25, 0.3) is 0 Å². The predicted molar refractivity (Wildman–Crippen MR) is 87.8 cm³/mol. The largest absolute Gasteiger partial charge is 0.305 e. The fourth-order valence-electron chi connectivity index (χ4n) is 2.27. The number of hydrogen-bond donors (Lipinski definition) is 1. The van der Waals surface area contributed by atoms with Crippen molar-refractivity contribution in [2.45, 2.75) is 32.4 Å². The molecule has 2 rings (SSSR count). The highest BCUT2D eigenvalue weighted by Crippen LogP contribution is 2.21. The Labute approximate surface area is 130 Å². The number of rotatable bonds is 6. The van der Waals surface area contributed by atoms with E-state index in [1.54, 1.807) is 0 Å². The number of benzene rings is 1. The minimum atomic E-state index is -0.207. The summed E-state index contributed by atoms with van der Waals surface area (Å²) in [5, 5.41) is 4.71. The van der Waals surface area contributed by atoms with Gasteiger partial charge in [0.05, 0.1) is 5.52 Å². The van der Waals surface area contributed by atoms with Gasteiger partial charge in [0, 0.05) is 34.9 Å². The SMILES string of the molecule is CCC(CCl)(CCl)NCc1cc(C)nc2ccccc12. The third-order valence-electron chi connectivity index (χ3n) is 3.77. The molecule has 2 nitrogen and oxygen atoms in total. The minimum absolute atomic E-state index is 0.207. The first kappa shape index (κ1) is 15.6. The molecule has 108 valence electrons. The Bertz CT molecular complexity index is 571. The molecule has 0 fully saturated rings. The molecule has 4 heteroatoms. The summed E-state index contributed by atoms with van der Waals surface area (Å²) in [5.74, 6) is 1.02. The van der Waals surface area contributed by atoms with E-state index >= 15 is 0 Å². The molecule has 1 N–H and O–H groups in total. The standard InChI is InChI=1S/C16H20Cl2N2/c1-3-16(10-17,11-18)19-9-13-8-12(2)20-15-7-5-4-6-14(13)15/h4-8,19H,3,9-11H2,1-2H3. The summed E-state index contributed by atoms with van der Waals surface area (Å²) in [6.07, 6.45) is 0.905. The summed E-state index contributed by atoms with van der Waals surface area (Å²) in [4.78, 5) is 4.56. The first-order chi connectivity index (χ1) is 9.64. The second-order valence-corrected chi connectivity index (χ2v) is 5.73. The number of alkyl halides is 2. The van der Waals surface area contributed by atoms with Crippen molar-refractivity contribution in [3.05, 3.63) is 41.6 Å². The van der Waals surface area contributed by atoms with Crippen LogP contribution in [0.25, 0.3) is 10.9 Å². The maximum absolute atomic E-state index is 6.08. The molecule has 0 atom stereocenters. The Kier molecular flexibility index (Phi) is 5.25. The lowest BCUT2D eigenvalue weighted by Crippen LogP contribution is -2.47. The van der Waals surface area contributed by atoms with Crippen molar-refractivity contribution in [2.75, 3.05) is 11.8 Å². The van der Waals surface area contributed by atoms with Crippen molar-refractivity contribution in [3.63, 3.8) is 0 Å². The topological polar surface area (TPSA) is 24.9 Å². The molecule has 0 amide bonds. The third kappa shape index (κ3) is 3.25. The van der Waals surface area contributed by atoms with Crippen LogP contribution in [0.3, 0.4) is 0 Å². The molecule has 0 radical (unpaired) electrons. The van der Waals surface area contributed by atoms with Gasteiger partial charge in [0.1, 0.15) is 0 Å². The second kappa shape index (κ2) is 6.75. The highest BCUT2D eigenvalue weighted by Gasteiger charge is 2.25. The molecule has 20 heavy (non-hydrogen) atoms. The molecule has 0 aliphatic rings. The summed E-state index contributed by atoms with van der Waals surface area (Å²) >= 11 is 12.2. The molecule has 0 bridgehead atoms. The smallest absolute Gasteiger partial charge is 0.0708 e. The number of nitrogens with one attached hydrogen (secondary N) is 1. The maximum Gasteiger partial charge on any atom is 0.0708 e. The van der Waals surface area contributed by atoms with Gasteiger partial charge >= 0.3 is 0 Å². The molecule has 0 unspecified atom stereocenters. The summed E-state index contributed by atoms with van der Waals surface area (Å²) in [5.41, 5.74) is 3.09. The van der Waals surface area contributed by atoms with Gasteiger partial charge in [-0.05, 0) is 31.0 Å². The van der Waals surface area contributed by atoms with Gasteiger partial charge in [-0.3, -0.25) is 4.98 Å². The van der Waals surface area contributed by atoms with Crippen molar-refractivity contribution in [3.8, 4) is 0 Å². The molecule has 1 heterocycles. The van der Waals surface area contributed by atoms with Crippen molar-refractivity contribution < 1.29 is 0 Å². The summed E-state index contributed by atoms with van der Waals surface area (Å²) in [6.45, 7) is 4.87. The number of aryl methyl sites for hydroxylation is 1. The number of para-hydroxylation sites is 1. The lowest BCUT2D eigenvalue weighted by Gasteiger charge is -2.30. The Morgan fingerprint density at radius 2 is 1.90 bits per heavy atom. The second-order valence-electron chi connectivity index (χ2n) is 5.19. The monoisotopic (exact) mass is 310 g/mol. The van der Waals surface area contributed by atoms with Crippen LogP contribution in [0.5, 0.6) is 0 Å². The quantitative estimate of drug-likeness (QED) is 0.806. The first-order valence-electron chi connectivity index (χ1n) is 6.86. The molecule has 0 saturated carbocycles. The van der Waals surface area contributed by atoms with E-state index in [-0.39, 0.29) is 5.54 Å². The Morgan fingerprint density at radius 1 is 1.20 bits per heavy atom. The van der Waals surface area contributed by atoms with E-state index in [2.05, 4.69) is 29.4 Å². The van der Waals surface area contributed by atoms with Crippen molar-refractivity contribution in [1.82, 2.24) is 10.3 Å². The molecule has 2 aromatic rings. The highest BCUT2D eigenvalue weighted by molar-refractivity contribution is 6.22. The van der Waals surface area contributed by atoms with Crippen molar-refractivity contribution in [1.29, 1.82) is 0 Å². The summed E-state index contributed by atoms with van der Waals surface area (Å²) in [6, 6.07) is 10.3. The van der Waals surface area contributed by atoms with E-state index in [9.17, 15) is 0 Å². The van der Waals surface area contributed by atoms with Crippen LogP contribution in [0.2, 0.25) is 0 Å². The Balaban J connectivity index is 2.30. The zero-order valence-electron chi connectivity index (χ0n) is 11.9. The van der Waals surface area contributed by atoms with E-state index in [4.69, 9.17) is 23.2 Å². The normalized spacial score (nSPS) is 12.0. The van der Waals surface area contributed by atoms with E-state index in [1.165, 1.54) is 10.9 Å². The van der Waals surface area contributed by atoms with Gasteiger partial charge in [0.2, 0.25) is 0 Å². The van der Waals surface area contributed by atoms with Gasteiger partial charge in [-0.25, -0.2) is 0 Å². The fraction of sp³-hybridized carbons (Fsp3) is 0.438. The molecule has 1 aromatic heterocycles.